The molecule has 1 aliphatic rings. The van der Waals surface area contributed by atoms with E-state index in [2.05, 4.69) is 0 Å². The Morgan fingerprint density at radius 2 is 1.32 bits per heavy atom. The Morgan fingerprint density at radius 3 is 1.86 bits per heavy atom. The zero-order valence-electron chi connectivity index (χ0n) is 12.1. The number of carbonyl (C=O) groups is 2. The normalized spacial score (nSPS) is 14.9. The highest BCUT2D eigenvalue weighted by molar-refractivity contribution is 6.49. The van der Waals surface area contributed by atoms with E-state index in [0.29, 0.717) is 16.7 Å². The SMILES string of the molecule is COC1=C(c2ccccc2)C(=O)C(c2ccccc2)=CC1=O. The quantitative estimate of drug-likeness (QED) is 0.815. The first kappa shape index (κ1) is 14.0. The van der Waals surface area contributed by atoms with Crippen LogP contribution in [0.5, 0.6) is 0 Å². The fourth-order valence-electron chi connectivity index (χ4n) is 2.52. The van der Waals surface area contributed by atoms with Crippen LogP contribution in [0.15, 0.2) is 72.5 Å². The van der Waals surface area contributed by atoms with Gasteiger partial charge in [-0.3, -0.25) is 9.59 Å². The third-order valence-electron chi connectivity index (χ3n) is 3.55. The number of allylic oxidation sites excluding steroid dienone is 3. The fourth-order valence-corrected chi connectivity index (χ4v) is 2.52. The standard InChI is InChI=1S/C19H14O3/c1-22-19-16(20)12-15(13-8-4-2-5-9-13)18(21)17(19)14-10-6-3-7-11-14/h2-12H,1H3. The number of Topliss-reactive ketones (excluding diaryl/α,β-unsaturated/α-hetero) is 1. The van der Waals surface area contributed by atoms with Gasteiger partial charge in [0.2, 0.25) is 5.78 Å². The first-order valence-corrected chi connectivity index (χ1v) is 6.92. The monoisotopic (exact) mass is 290 g/mol. The van der Waals surface area contributed by atoms with Gasteiger partial charge in [-0.15, -0.1) is 0 Å². The summed E-state index contributed by atoms with van der Waals surface area (Å²) in [5.74, 6) is -0.399. The summed E-state index contributed by atoms with van der Waals surface area (Å²) in [7, 11) is 1.41. The smallest absolute Gasteiger partial charge is 0.221 e. The van der Waals surface area contributed by atoms with E-state index >= 15 is 0 Å². The maximum absolute atomic E-state index is 12.9. The minimum atomic E-state index is -0.292. The highest BCUT2D eigenvalue weighted by atomic mass is 16.5. The molecule has 2 aromatic carbocycles. The van der Waals surface area contributed by atoms with Crippen LogP contribution in [0, 0.1) is 0 Å². The molecule has 0 spiro atoms. The first-order chi connectivity index (χ1) is 10.7. The van der Waals surface area contributed by atoms with Gasteiger partial charge in [-0.25, -0.2) is 0 Å². The Kier molecular flexibility index (Phi) is 3.71. The Labute approximate surface area is 128 Å². The Bertz CT molecular complexity index is 784. The van der Waals surface area contributed by atoms with Crippen molar-refractivity contribution in [3.8, 4) is 0 Å². The van der Waals surface area contributed by atoms with Crippen LogP contribution in [-0.4, -0.2) is 18.7 Å². The molecule has 0 radical (unpaired) electrons. The molecule has 0 N–H and O–H groups in total. The Morgan fingerprint density at radius 1 is 0.773 bits per heavy atom. The van der Waals surface area contributed by atoms with Crippen LogP contribution < -0.4 is 0 Å². The van der Waals surface area contributed by atoms with Crippen LogP contribution in [0.1, 0.15) is 11.1 Å². The van der Waals surface area contributed by atoms with Gasteiger partial charge in [0.1, 0.15) is 0 Å². The van der Waals surface area contributed by atoms with Crippen molar-refractivity contribution in [3.63, 3.8) is 0 Å². The third kappa shape index (κ3) is 2.37. The van der Waals surface area contributed by atoms with Crippen LogP contribution in [0.2, 0.25) is 0 Å². The summed E-state index contributed by atoms with van der Waals surface area (Å²) >= 11 is 0. The largest absolute Gasteiger partial charge is 0.492 e. The summed E-state index contributed by atoms with van der Waals surface area (Å²) < 4.78 is 5.19. The van der Waals surface area contributed by atoms with Gasteiger partial charge in [-0.2, -0.15) is 0 Å². The summed E-state index contributed by atoms with van der Waals surface area (Å²) in [6.45, 7) is 0. The third-order valence-corrected chi connectivity index (χ3v) is 3.55. The van der Waals surface area contributed by atoms with Crippen LogP contribution >= 0.6 is 0 Å². The Balaban J connectivity index is 2.15. The van der Waals surface area contributed by atoms with E-state index in [9.17, 15) is 9.59 Å². The number of carbonyl (C=O) groups excluding carboxylic acids is 2. The molecule has 3 nitrogen and oxygen atoms in total. The van der Waals surface area contributed by atoms with E-state index in [4.69, 9.17) is 4.74 Å². The molecule has 0 fully saturated rings. The van der Waals surface area contributed by atoms with E-state index in [1.165, 1.54) is 13.2 Å². The van der Waals surface area contributed by atoms with E-state index in [0.717, 1.165) is 5.56 Å². The van der Waals surface area contributed by atoms with E-state index in [1.807, 2.05) is 48.5 Å². The van der Waals surface area contributed by atoms with Crippen LogP contribution in [0.25, 0.3) is 11.1 Å². The maximum Gasteiger partial charge on any atom is 0.221 e. The number of hydrogen-bond donors (Lipinski definition) is 0. The second-order valence-electron chi connectivity index (χ2n) is 4.89. The summed E-state index contributed by atoms with van der Waals surface area (Å²) in [4.78, 5) is 25.2. The lowest BCUT2D eigenvalue weighted by molar-refractivity contribution is -0.115. The molecule has 0 amide bonds. The molecule has 3 heteroatoms. The molecule has 1 aliphatic carbocycles. The van der Waals surface area contributed by atoms with Crippen molar-refractivity contribution in [2.24, 2.45) is 0 Å². The second-order valence-corrected chi connectivity index (χ2v) is 4.89. The molecule has 0 aromatic heterocycles. The average Bonchev–Trinajstić information content (AvgIpc) is 2.57. The predicted octanol–water partition coefficient (Wildman–Crippen LogP) is 3.28. The predicted molar refractivity (Wildman–Crippen MR) is 84.8 cm³/mol. The lowest BCUT2D eigenvalue weighted by atomic mass is 9.86. The molecule has 0 atom stereocenters. The summed E-state index contributed by atoms with van der Waals surface area (Å²) in [5.41, 5.74) is 2.11. The molecule has 0 bridgehead atoms. The number of rotatable bonds is 3. The maximum atomic E-state index is 12.9. The lowest BCUT2D eigenvalue weighted by Crippen LogP contribution is -2.19. The van der Waals surface area contributed by atoms with Crippen molar-refractivity contribution in [2.45, 2.75) is 0 Å². The minimum Gasteiger partial charge on any atom is -0.492 e. The van der Waals surface area contributed by atoms with Crippen molar-refractivity contribution in [3.05, 3.63) is 83.6 Å². The first-order valence-electron chi connectivity index (χ1n) is 6.92. The van der Waals surface area contributed by atoms with E-state index in [-0.39, 0.29) is 17.3 Å². The lowest BCUT2D eigenvalue weighted by Gasteiger charge is -2.18. The molecule has 0 aliphatic heterocycles. The van der Waals surface area contributed by atoms with Crippen LogP contribution in [0.4, 0.5) is 0 Å². The van der Waals surface area contributed by atoms with Gasteiger partial charge < -0.3 is 4.74 Å². The fraction of sp³-hybridized carbons (Fsp3) is 0.0526. The number of ketones is 2. The molecule has 0 unspecified atom stereocenters. The number of hydrogen-bond acceptors (Lipinski definition) is 3. The molecule has 0 heterocycles. The van der Waals surface area contributed by atoms with Gasteiger partial charge in [0.05, 0.1) is 12.7 Å². The number of benzene rings is 2. The molecular formula is C19H14O3. The van der Waals surface area contributed by atoms with Crippen molar-refractivity contribution in [2.75, 3.05) is 7.11 Å². The number of ether oxygens (including phenoxy) is 1. The molecular weight excluding hydrogens is 276 g/mol. The minimum absolute atomic E-state index is 0.0934. The second kappa shape index (κ2) is 5.82. The van der Waals surface area contributed by atoms with Gasteiger partial charge in [-0.05, 0) is 11.1 Å². The molecule has 0 saturated heterocycles. The van der Waals surface area contributed by atoms with Gasteiger partial charge >= 0.3 is 0 Å². The van der Waals surface area contributed by atoms with E-state index < -0.39 is 0 Å². The molecule has 22 heavy (non-hydrogen) atoms. The van der Waals surface area contributed by atoms with Crippen molar-refractivity contribution in [1.29, 1.82) is 0 Å². The highest BCUT2D eigenvalue weighted by Crippen LogP contribution is 2.32. The van der Waals surface area contributed by atoms with Crippen molar-refractivity contribution in [1.82, 2.24) is 0 Å². The zero-order valence-corrected chi connectivity index (χ0v) is 12.1. The topological polar surface area (TPSA) is 43.4 Å². The molecule has 3 rings (SSSR count). The van der Waals surface area contributed by atoms with Gasteiger partial charge in [0.15, 0.2) is 11.5 Å². The summed E-state index contributed by atoms with van der Waals surface area (Å²) in [6.07, 6.45) is 1.35. The zero-order chi connectivity index (χ0) is 15.5. The summed E-state index contributed by atoms with van der Waals surface area (Å²) in [5, 5.41) is 0. The van der Waals surface area contributed by atoms with E-state index in [1.54, 1.807) is 12.1 Å². The van der Waals surface area contributed by atoms with Gasteiger partial charge in [-0.1, -0.05) is 60.7 Å². The number of methoxy groups -OCH3 is 1. The van der Waals surface area contributed by atoms with Gasteiger partial charge in [0, 0.05) is 11.6 Å². The van der Waals surface area contributed by atoms with Crippen molar-refractivity contribution >= 4 is 22.7 Å². The summed E-state index contributed by atoms with van der Waals surface area (Å²) in [6, 6.07) is 18.3. The van der Waals surface area contributed by atoms with Crippen LogP contribution in [0.3, 0.4) is 0 Å². The van der Waals surface area contributed by atoms with Gasteiger partial charge in [0.25, 0.3) is 0 Å². The van der Waals surface area contributed by atoms with Crippen LogP contribution in [-0.2, 0) is 14.3 Å². The Hall–Kier alpha value is -2.94. The van der Waals surface area contributed by atoms with Crippen molar-refractivity contribution < 1.29 is 14.3 Å². The average molecular weight is 290 g/mol. The molecule has 2 aromatic rings. The highest BCUT2D eigenvalue weighted by Gasteiger charge is 2.30. The molecule has 0 saturated carbocycles. The molecule has 108 valence electrons.